The van der Waals surface area contributed by atoms with Crippen LogP contribution in [0.5, 0.6) is 0 Å². The number of hydrogen-bond donors (Lipinski definition) is 1. The van der Waals surface area contributed by atoms with Crippen molar-refractivity contribution >= 4 is 17.2 Å². The molecule has 0 fully saturated rings. The van der Waals surface area contributed by atoms with Crippen LogP contribution in [0.1, 0.15) is 36.1 Å². The lowest BCUT2D eigenvalue weighted by Gasteiger charge is -2.26. The Morgan fingerprint density at radius 3 is 2.81 bits per heavy atom. The molecule has 0 radical (unpaired) electrons. The summed E-state index contributed by atoms with van der Waals surface area (Å²) in [5.74, 6) is -0.205. The van der Waals surface area contributed by atoms with Gasteiger partial charge in [0.1, 0.15) is 0 Å². The molecule has 1 unspecified atom stereocenters. The number of aromatic nitrogens is 3. The van der Waals surface area contributed by atoms with Crippen LogP contribution in [0.2, 0.25) is 0 Å². The maximum Gasteiger partial charge on any atom is 0.276 e. The summed E-state index contributed by atoms with van der Waals surface area (Å²) in [5.41, 5.74) is 0.306. The fourth-order valence-electron chi connectivity index (χ4n) is 2.00. The van der Waals surface area contributed by atoms with E-state index < -0.39 is 6.10 Å². The number of carbonyl (C=O) groups excluding carboxylic acids is 1. The highest BCUT2D eigenvalue weighted by atomic mass is 32.1. The quantitative estimate of drug-likeness (QED) is 0.880. The van der Waals surface area contributed by atoms with Crippen molar-refractivity contribution in [1.29, 1.82) is 0 Å². The molecule has 21 heavy (non-hydrogen) atoms. The van der Waals surface area contributed by atoms with Gasteiger partial charge in [-0.3, -0.25) is 4.79 Å². The Bertz CT molecular complexity index is 578. The lowest BCUT2D eigenvalue weighted by molar-refractivity contribution is 0.0573. The molecule has 0 aliphatic carbocycles. The zero-order valence-electron chi connectivity index (χ0n) is 12.4. The summed E-state index contributed by atoms with van der Waals surface area (Å²) < 4.78 is 1.65. The minimum absolute atomic E-state index is 0.00505. The second kappa shape index (κ2) is 6.82. The second-order valence-electron chi connectivity index (χ2n) is 5.28. The predicted octanol–water partition coefficient (Wildman–Crippen LogP) is 1.62. The first-order chi connectivity index (χ1) is 9.97. The van der Waals surface area contributed by atoms with E-state index in [1.54, 1.807) is 34.0 Å². The van der Waals surface area contributed by atoms with Gasteiger partial charge in [0, 0.05) is 17.5 Å². The van der Waals surface area contributed by atoms with Crippen LogP contribution < -0.4 is 0 Å². The van der Waals surface area contributed by atoms with Gasteiger partial charge in [-0.15, -0.1) is 16.4 Å². The Hall–Kier alpha value is -1.73. The van der Waals surface area contributed by atoms with E-state index >= 15 is 0 Å². The minimum Gasteiger partial charge on any atom is -0.392 e. The average Bonchev–Trinajstić information content (AvgIpc) is 3.07. The molecule has 0 saturated carbocycles. The van der Waals surface area contributed by atoms with Crippen molar-refractivity contribution in [2.45, 2.75) is 39.5 Å². The molecule has 2 heterocycles. The molecule has 1 amide bonds. The van der Waals surface area contributed by atoms with E-state index in [4.69, 9.17) is 0 Å². The van der Waals surface area contributed by atoms with Gasteiger partial charge in [-0.25, -0.2) is 4.68 Å². The molecule has 0 aliphatic rings. The summed E-state index contributed by atoms with van der Waals surface area (Å²) >= 11 is 1.64. The van der Waals surface area contributed by atoms with Crippen LogP contribution >= 0.6 is 11.3 Å². The molecule has 0 saturated heterocycles. The summed E-state index contributed by atoms with van der Waals surface area (Å²) in [6.07, 6.45) is 1.08. The number of thiophene rings is 1. The topological polar surface area (TPSA) is 71.2 Å². The van der Waals surface area contributed by atoms with E-state index in [1.807, 2.05) is 31.4 Å². The van der Waals surface area contributed by atoms with Crippen molar-refractivity contribution in [3.8, 4) is 0 Å². The molecule has 114 valence electrons. The summed E-state index contributed by atoms with van der Waals surface area (Å²) in [6.45, 7) is 6.38. The molecule has 6 nitrogen and oxygen atoms in total. The molecule has 0 spiro atoms. The van der Waals surface area contributed by atoms with E-state index in [-0.39, 0.29) is 18.5 Å². The Morgan fingerprint density at radius 1 is 1.48 bits per heavy atom. The van der Waals surface area contributed by atoms with Crippen LogP contribution in [0.15, 0.2) is 23.7 Å². The summed E-state index contributed by atoms with van der Waals surface area (Å²) in [5, 5.41) is 19.5. The monoisotopic (exact) mass is 308 g/mol. The van der Waals surface area contributed by atoms with Gasteiger partial charge in [0.15, 0.2) is 5.69 Å². The van der Waals surface area contributed by atoms with Gasteiger partial charge >= 0.3 is 0 Å². The van der Waals surface area contributed by atoms with Crippen LogP contribution in [-0.2, 0) is 6.54 Å². The van der Waals surface area contributed by atoms with E-state index in [0.29, 0.717) is 12.2 Å². The molecule has 1 atom stereocenters. The Labute approximate surface area is 128 Å². The fourth-order valence-corrected chi connectivity index (χ4v) is 2.69. The average molecular weight is 308 g/mol. The standard InChI is InChI=1S/C14H20N4O2S/c1-10(2)18(7-11(3)19)14(20)13-9-17(16-15-13)8-12-5-4-6-21-12/h4-6,9-11,19H,7-8H2,1-3H3. The molecular weight excluding hydrogens is 288 g/mol. The van der Waals surface area contributed by atoms with Gasteiger partial charge in [-0.2, -0.15) is 0 Å². The third-order valence-electron chi connectivity index (χ3n) is 3.00. The lowest BCUT2D eigenvalue weighted by Crippen LogP contribution is -2.41. The number of amides is 1. The van der Waals surface area contributed by atoms with Crippen LogP contribution in [0.4, 0.5) is 0 Å². The van der Waals surface area contributed by atoms with Crippen molar-refractivity contribution in [2.75, 3.05) is 6.54 Å². The van der Waals surface area contributed by atoms with Crippen LogP contribution in [0.3, 0.4) is 0 Å². The van der Waals surface area contributed by atoms with E-state index in [9.17, 15) is 9.90 Å². The van der Waals surface area contributed by atoms with E-state index in [2.05, 4.69) is 10.3 Å². The number of rotatable bonds is 6. The van der Waals surface area contributed by atoms with Crippen molar-refractivity contribution in [3.63, 3.8) is 0 Å². The SMILES string of the molecule is CC(O)CN(C(=O)c1cn(Cc2cccs2)nn1)C(C)C. The lowest BCUT2D eigenvalue weighted by atomic mass is 10.2. The van der Waals surface area contributed by atoms with Crippen molar-refractivity contribution in [2.24, 2.45) is 0 Å². The van der Waals surface area contributed by atoms with Gasteiger partial charge in [0.05, 0.1) is 18.8 Å². The first-order valence-corrected chi connectivity index (χ1v) is 7.77. The summed E-state index contributed by atoms with van der Waals surface area (Å²) in [7, 11) is 0. The molecular formula is C14H20N4O2S. The molecule has 2 aromatic heterocycles. The summed E-state index contributed by atoms with van der Waals surface area (Å²) in [6, 6.07) is 3.99. The van der Waals surface area contributed by atoms with Gasteiger partial charge < -0.3 is 10.0 Å². The third-order valence-corrected chi connectivity index (χ3v) is 3.86. The molecule has 0 aliphatic heterocycles. The van der Waals surface area contributed by atoms with Crippen molar-refractivity contribution in [1.82, 2.24) is 19.9 Å². The number of carbonyl (C=O) groups is 1. The van der Waals surface area contributed by atoms with Gasteiger partial charge in [0.2, 0.25) is 0 Å². The second-order valence-corrected chi connectivity index (χ2v) is 6.31. The van der Waals surface area contributed by atoms with Crippen LogP contribution in [0.25, 0.3) is 0 Å². The van der Waals surface area contributed by atoms with E-state index in [0.717, 1.165) is 4.88 Å². The predicted molar refractivity (Wildman–Crippen MR) is 81.3 cm³/mol. The molecule has 0 bridgehead atoms. The van der Waals surface area contributed by atoms with Crippen molar-refractivity contribution in [3.05, 3.63) is 34.3 Å². The number of aliphatic hydroxyl groups excluding tert-OH is 1. The molecule has 2 aromatic rings. The summed E-state index contributed by atoms with van der Waals surface area (Å²) in [4.78, 5) is 15.2. The minimum atomic E-state index is -0.572. The van der Waals surface area contributed by atoms with Gasteiger partial charge in [-0.1, -0.05) is 11.3 Å². The molecule has 1 N–H and O–H groups in total. The molecule has 0 aromatic carbocycles. The number of nitrogens with zero attached hydrogens (tertiary/aromatic N) is 4. The smallest absolute Gasteiger partial charge is 0.276 e. The first kappa shape index (κ1) is 15.7. The zero-order valence-corrected chi connectivity index (χ0v) is 13.2. The normalized spacial score (nSPS) is 12.6. The number of hydrogen-bond acceptors (Lipinski definition) is 5. The van der Waals surface area contributed by atoms with Crippen LogP contribution in [-0.4, -0.2) is 49.6 Å². The maximum absolute atomic E-state index is 12.4. The molecule has 2 rings (SSSR count). The molecule has 7 heteroatoms. The maximum atomic E-state index is 12.4. The van der Waals surface area contributed by atoms with E-state index in [1.165, 1.54) is 0 Å². The third kappa shape index (κ3) is 4.12. The van der Waals surface area contributed by atoms with Gasteiger partial charge in [0.25, 0.3) is 5.91 Å². The van der Waals surface area contributed by atoms with Gasteiger partial charge in [-0.05, 0) is 32.2 Å². The first-order valence-electron chi connectivity index (χ1n) is 6.89. The zero-order chi connectivity index (χ0) is 15.4. The van der Waals surface area contributed by atoms with Crippen LogP contribution in [0, 0.1) is 0 Å². The fraction of sp³-hybridized carbons (Fsp3) is 0.500. The highest BCUT2D eigenvalue weighted by Crippen LogP contribution is 2.11. The Kier molecular flexibility index (Phi) is 5.08. The highest BCUT2D eigenvalue weighted by Gasteiger charge is 2.22. The largest absolute Gasteiger partial charge is 0.392 e. The Morgan fingerprint density at radius 2 is 2.24 bits per heavy atom. The van der Waals surface area contributed by atoms with Crippen molar-refractivity contribution < 1.29 is 9.90 Å². The number of aliphatic hydroxyl groups is 1. The Balaban J connectivity index is 2.09. The highest BCUT2D eigenvalue weighted by molar-refractivity contribution is 7.09.